The summed E-state index contributed by atoms with van der Waals surface area (Å²) in [5.74, 6) is 1.48. The van der Waals surface area contributed by atoms with E-state index in [1.54, 1.807) is 0 Å². The van der Waals surface area contributed by atoms with E-state index in [1.807, 2.05) is 32.0 Å². The Morgan fingerprint density at radius 3 is 2.93 bits per heavy atom. The van der Waals surface area contributed by atoms with Gasteiger partial charge in [0.15, 0.2) is 0 Å². The molecule has 0 aromatic heterocycles. The molecule has 0 saturated carbocycles. The highest BCUT2D eigenvalue weighted by molar-refractivity contribution is 6.05. The first-order valence-electron chi connectivity index (χ1n) is 4.85. The van der Waals surface area contributed by atoms with Gasteiger partial charge in [0.05, 0.1) is 6.10 Å². The van der Waals surface area contributed by atoms with Crippen molar-refractivity contribution < 1.29 is 14.7 Å². The molecule has 0 aliphatic carbocycles. The first-order valence-corrected chi connectivity index (χ1v) is 4.85. The van der Waals surface area contributed by atoms with Gasteiger partial charge in [0.2, 0.25) is 0 Å². The third kappa shape index (κ3) is 1.88. The van der Waals surface area contributed by atoms with Crippen molar-refractivity contribution in [3.05, 3.63) is 23.8 Å². The fraction of sp³-hybridized carbons (Fsp3) is 0.364. The van der Waals surface area contributed by atoms with Gasteiger partial charge >= 0.3 is 0 Å². The second kappa shape index (κ2) is 3.81. The molecule has 0 fully saturated rings. The van der Waals surface area contributed by atoms with Crippen molar-refractivity contribution in [1.29, 1.82) is 0 Å². The van der Waals surface area contributed by atoms with Gasteiger partial charge in [-0.1, -0.05) is 5.16 Å². The summed E-state index contributed by atoms with van der Waals surface area (Å²) in [5.41, 5.74) is 1.38. The van der Waals surface area contributed by atoms with Gasteiger partial charge in [-0.2, -0.15) is 0 Å². The molecule has 4 nitrogen and oxygen atoms in total. The van der Waals surface area contributed by atoms with Gasteiger partial charge in [0.25, 0.3) is 0 Å². The Labute approximate surface area is 88.1 Å². The molecule has 1 aromatic rings. The molecule has 1 aliphatic heterocycles. The minimum Gasteiger partial charge on any atom is -0.491 e. The summed E-state index contributed by atoms with van der Waals surface area (Å²) < 4.78 is 10.9. The smallest absolute Gasteiger partial charge is 0.134 e. The Morgan fingerprint density at radius 1 is 1.47 bits per heavy atom. The molecule has 1 aliphatic rings. The zero-order chi connectivity index (χ0) is 10.8. The minimum absolute atomic E-state index is 0.135. The Bertz CT molecular complexity index is 399. The summed E-state index contributed by atoms with van der Waals surface area (Å²) in [6, 6.07) is 5.50. The third-order valence-corrected chi connectivity index (χ3v) is 2.12. The number of hydrogen-bond donors (Lipinski definition) is 1. The molecule has 4 heteroatoms. The van der Waals surface area contributed by atoms with Crippen LogP contribution in [0.15, 0.2) is 23.4 Å². The highest BCUT2D eigenvalue weighted by atomic mass is 16.5. The van der Waals surface area contributed by atoms with E-state index in [1.165, 1.54) is 0 Å². The van der Waals surface area contributed by atoms with Crippen LogP contribution in [0.1, 0.15) is 19.4 Å². The Morgan fingerprint density at radius 2 is 2.27 bits per heavy atom. The molecular weight excluding hydrogens is 194 g/mol. The van der Waals surface area contributed by atoms with E-state index < -0.39 is 0 Å². The largest absolute Gasteiger partial charge is 0.491 e. The van der Waals surface area contributed by atoms with E-state index in [9.17, 15) is 0 Å². The maximum atomic E-state index is 8.70. The minimum atomic E-state index is 0.135. The van der Waals surface area contributed by atoms with Crippen molar-refractivity contribution in [1.82, 2.24) is 0 Å². The predicted molar refractivity (Wildman–Crippen MR) is 56.0 cm³/mol. The van der Waals surface area contributed by atoms with E-state index in [-0.39, 0.29) is 6.10 Å². The summed E-state index contributed by atoms with van der Waals surface area (Å²) in [6.07, 6.45) is 0.135. The van der Waals surface area contributed by atoms with Gasteiger partial charge in [0, 0.05) is 11.6 Å². The van der Waals surface area contributed by atoms with Crippen LogP contribution in [0, 0.1) is 0 Å². The van der Waals surface area contributed by atoms with Crippen molar-refractivity contribution in [3.8, 4) is 11.5 Å². The summed E-state index contributed by atoms with van der Waals surface area (Å²) in [7, 11) is 0. The molecule has 0 saturated heterocycles. The molecule has 0 amide bonds. The van der Waals surface area contributed by atoms with E-state index in [2.05, 4.69) is 5.16 Å². The van der Waals surface area contributed by atoms with Crippen LogP contribution in [0.4, 0.5) is 0 Å². The number of hydrogen-bond acceptors (Lipinski definition) is 4. The van der Waals surface area contributed by atoms with Crippen molar-refractivity contribution >= 4 is 5.71 Å². The Hall–Kier alpha value is -1.71. The molecule has 2 rings (SSSR count). The molecule has 1 N–H and O–H groups in total. The number of benzene rings is 1. The summed E-state index contributed by atoms with van der Waals surface area (Å²) in [5, 5.41) is 11.9. The molecule has 0 radical (unpaired) electrons. The third-order valence-electron chi connectivity index (χ3n) is 2.12. The molecule has 0 atom stereocenters. The lowest BCUT2D eigenvalue weighted by Gasteiger charge is -2.10. The Kier molecular flexibility index (Phi) is 2.49. The molecule has 0 unspecified atom stereocenters. The highest BCUT2D eigenvalue weighted by Gasteiger charge is 2.20. The van der Waals surface area contributed by atoms with Crippen molar-refractivity contribution in [2.75, 3.05) is 6.61 Å². The monoisotopic (exact) mass is 207 g/mol. The second-order valence-electron chi connectivity index (χ2n) is 3.66. The fourth-order valence-corrected chi connectivity index (χ4v) is 1.51. The quantitative estimate of drug-likeness (QED) is 0.596. The summed E-state index contributed by atoms with van der Waals surface area (Å²) >= 11 is 0. The topological polar surface area (TPSA) is 51.0 Å². The van der Waals surface area contributed by atoms with Gasteiger partial charge in [-0.3, -0.25) is 0 Å². The lowest BCUT2D eigenvalue weighted by atomic mass is 10.1. The van der Waals surface area contributed by atoms with E-state index >= 15 is 0 Å². The van der Waals surface area contributed by atoms with E-state index in [0.29, 0.717) is 18.1 Å². The average Bonchev–Trinajstić information content (AvgIpc) is 2.58. The van der Waals surface area contributed by atoms with E-state index in [0.717, 1.165) is 11.3 Å². The van der Waals surface area contributed by atoms with Gasteiger partial charge < -0.3 is 14.7 Å². The number of nitrogens with zero attached hydrogens (tertiary/aromatic N) is 1. The van der Waals surface area contributed by atoms with Crippen LogP contribution in [0.5, 0.6) is 11.5 Å². The van der Waals surface area contributed by atoms with Crippen molar-refractivity contribution in [3.63, 3.8) is 0 Å². The first kappa shape index (κ1) is 9.83. The average molecular weight is 207 g/mol. The van der Waals surface area contributed by atoms with Gasteiger partial charge in [0.1, 0.15) is 23.8 Å². The van der Waals surface area contributed by atoms with Crippen LogP contribution < -0.4 is 9.47 Å². The van der Waals surface area contributed by atoms with Gasteiger partial charge in [-0.05, 0) is 26.0 Å². The molecule has 80 valence electrons. The summed E-state index contributed by atoms with van der Waals surface area (Å²) in [6.45, 7) is 4.25. The normalized spacial score (nSPS) is 16.6. The first-order chi connectivity index (χ1) is 7.20. The van der Waals surface area contributed by atoms with Crippen LogP contribution >= 0.6 is 0 Å². The maximum absolute atomic E-state index is 8.70. The van der Waals surface area contributed by atoms with Crippen LogP contribution in [0.25, 0.3) is 0 Å². The number of ether oxygens (including phenoxy) is 2. The molecule has 0 bridgehead atoms. The molecule has 0 spiro atoms. The van der Waals surface area contributed by atoms with Crippen molar-refractivity contribution in [2.45, 2.75) is 20.0 Å². The van der Waals surface area contributed by atoms with E-state index in [4.69, 9.17) is 14.7 Å². The van der Waals surface area contributed by atoms with Gasteiger partial charge in [-0.15, -0.1) is 0 Å². The zero-order valence-corrected chi connectivity index (χ0v) is 8.73. The van der Waals surface area contributed by atoms with Crippen LogP contribution in [0.3, 0.4) is 0 Å². The van der Waals surface area contributed by atoms with Crippen LogP contribution in [0.2, 0.25) is 0 Å². The fourth-order valence-electron chi connectivity index (χ4n) is 1.51. The summed E-state index contributed by atoms with van der Waals surface area (Å²) in [4.78, 5) is 0. The Balaban J connectivity index is 2.29. The lowest BCUT2D eigenvalue weighted by molar-refractivity contribution is 0.241. The predicted octanol–water partition coefficient (Wildman–Crippen LogP) is 2.04. The van der Waals surface area contributed by atoms with Gasteiger partial charge in [-0.25, -0.2) is 0 Å². The molecule has 1 aromatic carbocycles. The zero-order valence-electron chi connectivity index (χ0n) is 8.73. The van der Waals surface area contributed by atoms with Crippen molar-refractivity contribution in [2.24, 2.45) is 5.16 Å². The second-order valence-corrected chi connectivity index (χ2v) is 3.66. The number of oxime groups is 1. The number of rotatable bonds is 2. The van der Waals surface area contributed by atoms with Crippen LogP contribution in [-0.2, 0) is 0 Å². The molecule has 15 heavy (non-hydrogen) atoms. The standard InChI is InChI=1S/C11H13NO3/c1-7(2)15-8-3-4-9-10(12-13)6-14-11(9)5-8/h3-5,7,13H,6H2,1-2H3/b12-10+. The maximum Gasteiger partial charge on any atom is 0.134 e. The molecular formula is C11H13NO3. The highest BCUT2D eigenvalue weighted by Crippen LogP contribution is 2.30. The lowest BCUT2D eigenvalue weighted by Crippen LogP contribution is -2.05. The number of fused-ring (bicyclic) bond motifs is 1. The van der Waals surface area contributed by atoms with Crippen LogP contribution in [-0.4, -0.2) is 23.6 Å². The SMILES string of the molecule is CC(C)Oc1ccc2c(c1)OC/C2=N\O. The molecule has 1 heterocycles.